The maximum absolute atomic E-state index is 6.25. The first-order valence-electron chi connectivity index (χ1n) is 5.53. The van der Waals surface area contributed by atoms with Crippen molar-refractivity contribution >= 4 is 45.7 Å². The molecule has 0 unspecified atom stereocenters. The first-order valence-corrected chi connectivity index (χ1v) is 6.67. The summed E-state index contributed by atoms with van der Waals surface area (Å²) >= 11 is 18.4. The summed E-state index contributed by atoms with van der Waals surface area (Å²) < 4.78 is 0. The van der Waals surface area contributed by atoms with Gasteiger partial charge in [-0.05, 0) is 29.8 Å². The van der Waals surface area contributed by atoms with E-state index in [9.17, 15) is 0 Å². The molecule has 0 fully saturated rings. The molecule has 0 saturated carbocycles. The summed E-state index contributed by atoms with van der Waals surface area (Å²) in [5.74, 6) is 0. The molecule has 1 aromatic heterocycles. The molecule has 3 rings (SSSR count). The molecule has 0 amide bonds. The number of benzene rings is 2. The summed E-state index contributed by atoms with van der Waals surface area (Å²) in [7, 11) is 0. The molecule has 0 aliphatic heterocycles. The lowest BCUT2D eigenvalue weighted by atomic mass is 10.1. The lowest BCUT2D eigenvalue weighted by molar-refractivity contribution is 1.22. The number of halogens is 3. The average Bonchev–Trinajstić information content (AvgIpc) is 2.38. The van der Waals surface area contributed by atoms with Crippen molar-refractivity contribution in [1.29, 1.82) is 0 Å². The van der Waals surface area contributed by atoms with Crippen LogP contribution in [0.2, 0.25) is 15.3 Å². The highest BCUT2D eigenvalue weighted by atomic mass is 35.5. The second kappa shape index (κ2) is 4.97. The summed E-state index contributed by atoms with van der Waals surface area (Å²) in [6.07, 6.45) is 0. The van der Waals surface area contributed by atoms with Gasteiger partial charge in [0.15, 0.2) is 0 Å². The average molecular weight is 310 g/mol. The summed E-state index contributed by atoms with van der Waals surface area (Å²) in [5, 5.41) is 2.09. The molecule has 19 heavy (non-hydrogen) atoms. The van der Waals surface area contributed by atoms with E-state index < -0.39 is 0 Å². The monoisotopic (exact) mass is 308 g/mol. The second-order valence-corrected chi connectivity index (χ2v) is 5.11. The van der Waals surface area contributed by atoms with Crippen molar-refractivity contribution in [1.82, 2.24) is 9.97 Å². The minimum atomic E-state index is 0.171. The van der Waals surface area contributed by atoms with Crippen LogP contribution in [0.15, 0.2) is 42.5 Å². The Hall–Kier alpha value is -1.35. The van der Waals surface area contributed by atoms with Crippen LogP contribution in [0.5, 0.6) is 0 Å². The van der Waals surface area contributed by atoms with Crippen LogP contribution >= 0.6 is 34.8 Å². The summed E-state index contributed by atoms with van der Waals surface area (Å²) in [4.78, 5) is 8.46. The predicted octanol–water partition coefficient (Wildman–Crippen LogP) is 5.26. The summed E-state index contributed by atoms with van der Waals surface area (Å²) in [6, 6.07) is 12.9. The zero-order valence-corrected chi connectivity index (χ0v) is 11.8. The van der Waals surface area contributed by atoms with Crippen LogP contribution in [0.25, 0.3) is 22.2 Å². The minimum absolute atomic E-state index is 0.171. The number of hydrogen-bond donors (Lipinski definition) is 0. The van der Waals surface area contributed by atoms with Gasteiger partial charge in [-0.1, -0.05) is 47.5 Å². The molecule has 0 aliphatic rings. The number of nitrogens with zero attached hydrogens (tertiary/aromatic N) is 2. The largest absolute Gasteiger partial charge is 0.223 e. The Kier molecular flexibility index (Phi) is 3.31. The van der Waals surface area contributed by atoms with Crippen molar-refractivity contribution in [2.45, 2.75) is 0 Å². The highest BCUT2D eigenvalue weighted by Gasteiger charge is 2.13. The van der Waals surface area contributed by atoms with Crippen LogP contribution in [0.3, 0.4) is 0 Å². The molecule has 5 heteroatoms. The van der Waals surface area contributed by atoms with Gasteiger partial charge in [-0.2, -0.15) is 0 Å². The smallest absolute Gasteiger partial charge is 0.218 e. The van der Waals surface area contributed by atoms with Gasteiger partial charge in [-0.3, -0.25) is 0 Å². The van der Waals surface area contributed by atoms with E-state index >= 15 is 0 Å². The van der Waals surface area contributed by atoms with E-state index in [0.717, 1.165) is 10.9 Å². The van der Waals surface area contributed by atoms with Crippen LogP contribution in [0.1, 0.15) is 0 Å². The maximum Gasteiger partial charge on any atom is 0.223 e. The van der Waals surface area contributed by atoms with Crippen molar-refractivity contribution in [2.75, 3.05) is 0 Å². The fourth-order valence-corrected chi connectivity index (χ4v) is 2.62. The molecule has 2 nitrogen and oxygen atoms in total. The Morgan fingerprint density at radius 2 is 1.47 bits per heavy atom. The topological polar surface area (TPSA) is 25.8 Å². The zero-order chi connectivity index (χ0) is 13.4. The lowest BCUT2D eigenvalue weighted by Crippen LogP contribution is -1.92. The van der Waals surface area contributed by atoms with Gasteiger partial charge in [0.05, 0.1) is 16.2 Å². The number of rotatable bonds is 1. The van der Waals surface area contributed by atoms with Crippen LogP contribution in [0.4, 0.5) is 0 Å². The maximum atomic E-state index is 6.25. The fourth-order valence-electron chi connectivity index (χ4n) is 1.96. The van der Waals surface area contributed by atoms with E-state index in [4.69, 9.17) is 34.8 Å². The highest BCUT2D eigenvalue weighted by Crippen LogP contribution is 2.35. The van der Waals surface area contributed by atoms with Gasteiger partial charge >= 0.3 is 0 Å². The quantitative estimate of drug-likeness (QED) is 0.573. The first-order chi connectivity index (χ1) is 9.16. The van der Waals surface area contributed by atoms with Gasteiger partial charge in [0.2, 0.25) is 5.28 Å². The molecule has 3 aromatic rings. The van der Waals surface area contributed by atoms with Crippen LogP contribution in [0, 0.1) is 0 Å². The van der Waals surface area contributed by atoms with Gasteiger partial charge in [0.1, 0.15) is 0 Å². The Morgan fingerprint density at radius 1 is 0.737 bits per heavy atom. The molecule has 0 saturated heterocycles. The normalized spacial score (nSPS) is 10.9. The Morgan fingerprint density at radius 3 is 2.26 bits per heavy atom. The lowest BCUT2D eigenvalue weighted by Gasteiger charge is -2.09. The number of hydrogen-bond acceptors (Lipinski definition) is 2. The second-order valence-electron chi connectivity index (χ2n) is 3.96. The van der Waals surface area contributed by atoms with E-state index in [2.05, 4.69) is 9.97 Å². The number of aromatic nitrogens is 2. The van der Waals surface area contributed by atoms with Crippen molar-refractivity contribution in [3.05, 3.63) is 57.8 Å². The van der Waals surface area contributed by atoms with Crippen LogP contribution < -0.4 is 0 Å². The Bertz CT molecular complexity index is 772. The molecule has 0 bridgehead atoms. The van der Waals surface area contributed by atoms with Gasteiger partial charge in [0, 0.05) is 16.0 Å². The molecular weight excluding hydrogens is 303 g/mol. The van der Waals surface area contributed by atoms with Gasteiger partial charge in [0.25, 0.3) is 0 Å². The molecule has 0 N–H and O–H groups in total. The molecule has 0 aliphatic carbocycles. The van der Waals surface area contributed by atoms with Crippen molar-refractivity contribution in [3.8, 4) is 11.3 Å². The van der Waals surface area contributed by atoms with E-state index in [1.54, 1.807) is 12.1 Å². The van der Waals surface area contributed by atoms with Gasteiger partial charge in [-0.25, -0.2) is 9.97 Å². The SMILES string of the molecule is Clc1nc(-c2ccccc2Cl)c2c(Cl)cccc2n1. The van der Waals surface area contributed by atoms with E-state index in [1.165, 1.54) is 0 Å². The Labute approximate surface area is 125 Å². The zero-order valence-electron chi connectivity index (χ0n) is 9.57. The third-order valence-corrected chi connectivity index (χ3v) is 3.59. The minimum Gasteiger partial charge on any atom is -0.218 e. The molecule has 94 valence electrons. The van der Waals surface area contributed by atoms with Crippen LogP contribution in [-0.4, -0.2) is 9.97 Å². The van der Waals surface area contributed by atoms with E-state index in [0.29, 0.717) is 21.3 Å². The third-order valence-electron chi connectivity index (χ3n) is 2.77. The van der Waals surface area contributed by atoms with E-state index in [1.807, 2.05) is 30.3 Å². The van der Waals surface area contributed by atoms with Crippen molar-refractivity contribution in [2.24, 2.45) is 0 Å². The molecular formula is C14H7Cl3N2. The Balaban J connectivity index is 2.44. The van der Waals surface area contributed by atoms with Crippen molar-refractivity contribution < 1.29 is 0 Å². The molecule has 1 heterocycles. The van der Waals surface area contributed by atoms with Crippen LogP contribution in [-0.2, 0) is 0 Å². The third kappa shape index (κ3) is 2.27. The standard InChI is InChI=1S/C14H7Cl3N2/c15-9-5-2-1-4-8(9)13-12-10(16)6-3-7-11(12)18-14(17)19-13/h1-7H. The molecule has 0 radical (unpaired) electrons. The summed E-state index contributed by atoms with van der Waals surface area (Å²) in [6.45, 7) is 0. The van der Waals surface area contributed by atoms with Gasteiger partial charge < -0.3 is 0 Å². The predicted molar refractivity (Wildman–Crippen MR) is 80.0 cm³/mol. The van der Waals surface area contributed by atoms with Crippen molar-refractivity contribution in [3.63, 3.8) is 0 Å². The highest BCUT2D eigenvalue weighted by molar-refractivity contribution is 6.38. The molecule has 2 aromatic carbocycles. The fraction of sp³-hybridized carbons (Fsp3) is 0. The van der Waals surface area contributed by atoms with E-state index in [-0.39, 0.29) is 5.28 Å². The van der Waals surface area contributed by atoms with Gasteiger partial charge in [-0.15, -0.1) is 0 Å². The first kappa shape index (κ1) is 12.7. The molecule has 0 spiro atoms. The molecule has 0 atom stereocenters. The summed E-state index contributed by atoms with van der Waals surface area (Å²) in [5.41, 5.74) is 2.13. The number of fused-ring (bicyclic) bond motifs is 1.